The molecule has 0 radical (unpaired) electrons. The first-order chi connectivity index (χ1) is 13.3. The predicted molar refractivity (Wildman–Crippen MR) is 103 cm³/mol. The number of hydrogen-bond acceptors (Lipinski definition) is 4. The molecule has 1 saturated heterocycles. The van der Waals surface area contributed by atoms with Crippen LogP contribution in [0.15, 0.2) is 43.0 Å². The minimum atomic E-state index is -0.993. The molecular weight excluding hydrogens is 358 g/mol. The highest BCUT2D eigenvalue weighted by Crippen LogP contribution is 2.23. The number of amides is 4. The summed E-state index contributed by atoms with van der Waals surface area (Å²) in [4.78, 5) is 50.6. The lowest BCUT2D eigenvalue weighted by molar-refractivity contribution is -0.142. The number of Topliss-reactive ketones (excluding diaryl/α,β-unsaturated/α-hetero) is 1. The number of imide groups is 2. The summed E-state index contributed by atoms with van der Waals surface area (Å²) in [5.41, 5.74) is 3.99. The molecule has 7 nitrogen and oxygen atoms in total. The molecule has 28 heavy (non-hydrogen) atoms. The fourth-order valence-electron chi connectivity index (χ4n) is 3.42. The van der Waals surface area contributed by atoms with E-state index in [1.54, 1.807) is 6.07 Å². The summed E-state index contributed by atoms with van der Waals surface area (Å²) in [5, 5.41) is 0. The van der Waals surface area contributed by atoms with Crippen LogP contribution in [-0.4, -0.2) is 51.1 Å². The average molecular weight is 379 g/mol. The van der Waals surface area contributed by atoms with Gasteiger partial charge in [0.05, 0.1) is 6.54 Å². The molecule has 0 unspecified atom stereocenters. The molecule has 0 aliphatic carbocycles. The summed E-state index contributed by atoms with van der Waals surface area (Å²) in [6.07, 6.45) is 1.35. The highest BCUT2D eigenvalue weighted by Gasteiger charge is 2.44. The van der Waals surface area contributed by atoms with E-state index in [9.17, 15) is 19.2 Å². The number of carbonyl (C=O) groups excluding carboxylic acids is 4. The summed E-state index contributed by atoms with van der Waals surface area (Å²) >= 11 is 0. The Morgan fingerprint density at radius 3 is 2.36 bits per heavy atom. The van der Waals surface area contributed by atoms with E-state index >= 15 is 0 Å². The molecule has 1 fully saturated rings. The summed E-state index contributed by atoms with van der Waals surface area (Å²) in [7, 11) is 0. The lowest BCUT2D eigenvalue weighted by Crippen LogP contribution is -2.37. The van der Waals surface area contributed by atoms with Gasteiger partial charge in [-0.15, -0.1) is 6.58 Å². The van der Waals surface area contributed by atoms with Crippen molar-refractivity contribution in [2.45, 2.75) is 20.8 Å². The van der Waals surface area contributed by atoms with Gasteiger partial charge in [-0.3, -0.25) is 19.3 Å². The van der Waals surface area contributed by atoms with Crippen LogP contribution in [0.3, 0.4) is 0 Å². The number of aromatic nitrogens is 1. The number of nitrogens with zero attached hydrogens (tertiary/aromatic N) is 3. The Bertz CT molecular complexity index is 1020. The van der Waals surface area contributed by atoms with Crippen molar-refractivity contribution in [3.63, 3.8) is 0 Å². The molecule has 1 aliphatic rings. The number of urea groups is 1. The van der Waals surface area contributed by atoms with Gasteiger partial charge in [0.2, 0.25) is 0 Å². The van der Waals surface area contributed by atoms with Crippen molar-refractivity contribution in [1.82, 2.24) is 14.4 Å². The summed E-state index contributed by atoms with van der Waals surface area (Å²) in [6.45, 7) is 8.59. The Kier molecular flexibility index (Phi) is 5.00. The van der Waals surface area contributed by atoms with E-state index in [2.05, 4.69) is 6.58 Å². The van der Waals surface area contributed by atoms with Gasteiger partial charge >= 0.3 is 17.8 Å². The van der Waals surface area contributed by atoms with Crippen molar-refractivity contribution < 1.29 is 19.2 Å². The van der Waals surface area contributed by atoms with Crippen LogP contribution in [-0.2, 0) is 9.59 Å². The summed E-state index contributed by atoms with van der Waals surface area (Å²) in [6, 6.07) is 8.81. The lowest BCUT2D eigenvalue weighted by atomic mass is 10.1. The molecule has 3 rings (SSSR count). The third kappa shape index (κ3) is 3.15. The molecule has 1 aliphatic heterocycles. The molecule has 2 heterocycles. The number of hydrogen-bond donors (Lipinski definition) is 0. The molecule has 4 amide bonds. The molecular formula is C21H21N3O4. The predicted octanol–water partition coefficient (Wildman–Crippen LogP) is 2.56. The molecule has 1 aromatic heterocycles. The van der Waals surface area contributed by atoms with Crippen molar-refractivity contribution in [3.05, 3.63) is 65.5 Å². The van der Waals surface area contributed by atoms with E-state index in [-0.39, 0.29) is 6.54 Å². The molecule has 0 saturated carbocycles. The molecule has 2 aromatic rings. The van der Waals surface area contributed by atoms with Crippen molar-refractivity contribution >= 4 is 23.6 Å². The Morgan fingerprint density at radius 1 is 1.04 bits per heavy atom. The largest absolute Gasteiger partial charge is 0.334 e. The van der Waals surface area contributed by atoms with Crippen molar-refractivity contribution in [2.24, 2.45) is 0 Å². The first-order valence-corrected chi connectivity index (χ1v) is 8.83. The van der Waals surface area contributed by atoms with Gasteiger partial charge in [0.25, 0.3) is 0 Å². The molecule has 0 spiro atoms. The van der Waals surface area contributed by atoms with E-state index < -0.39 is 30.2 Å². The van der Waals surface area contributed by atoms with Crippen molar-refractivity contribution in [3.8, 4) is 5.69 Å². The Morgan fingerprint density at radius 2 is 1.71 bits per heavy atom. The molecule has 1 aromatic carbocycles. The minimum absolute atomic E-state index is 0.0734. The van der Waals surface area contributed by atoms with Gasteiger partial charge in [0, 0.05) is 29.2 Å². The maximum Gasteiger partial charge on any atom is 0.334 e. The Labute approximate surface area is 162 Å². The fraction of sp³-hybridized carbons (Fsp3) is 0.238. The quantitative estimate of drug-likeness (QED) is 0.334. The van der Waals surface area contributed by atoms with Gasteiger partial charge in [-0.2, -0.15) is 0 Å². The van der Waals surface area contributed by atoms with Crippen LogP contribution in [0, 0.1) is 20.8 Å². The van der Waals surface area contributed by atoms with Crippen LogP contribution in [0.5, 0.6) is 0 Å². The highest BCUT2D eigenvalue weighted by molar-refractivity contribution is 6.45. The number of rotatable bonds is 6. The SMILES string of the molecule is C=CCN1C(=O)C(=O)N(CC(=O)c2cc(C)n(-c3cccc(C)c3)c2C)C1=O. The summed E-state index contributed by atoms with van der Waals surface area (Å²) in [5.74, 6) is -2.34. The molecule has 0 atom stereocenters. The number of carbonyl (C=O) groups is 4. The van der Waals surface area contributed by atoms with Gasteiger partial charge in [-0.05, 0) is 44.5 Å². The zero-order valence-electron chi connectivity index (χ0n) is 16.1. The zero-order chi connectivity index (χ0) is 20.6. The van der Waals surface area contributed by atoms with E-state index in [4.69, 9.17) is 0 Å². The third-order valence-electron chi connectivity index (χ3n) is 4.74. The van der Waals surface area contributed by atoms with Crippen LogP contribution in [0.4, 0.5) is 4.79 Å². The smallest absolute Gasteiger partial charge is 0.318 e. The fourth-order valence-corrected chi connectivity index (χ4v) is 3.42. The number of aryl methyl sites for hydroxylation is 2. The van der Waals surface area contributed by atoms with Crippen LogP contribution < -0.4 is 0 Å². The van der Waals surface area contributed by atoms with E-state index in [1.165, 1.54) is 6.08 Å². The summed E-state index contributed by atoms with van der Waals surface area (Å²) < 4.78 is 1.95. The van der Waals surface area contributed by atoms with Crippen LogP contribution in [0.1, 0.15) is 27.3 Å². The topological polar surface area (TPSA) is 79.7 Å². The second-order valence-electron chi connectivity index (χ2n) is 6.76. The average Bonchev–Trinajstić information content (AvgIpc) is 3.05. The first-order valence-electron chi connectivity index (χ1n) is 8.83. The minimum Gasteiger partial charge on any atom is -0.318 e. The third-order valence-corrected chi connectivity index (χ3v) is 4.74. The van der Waals surface area contributed by atoms with Gasteiger partial charge in [-0.1, -0.05) is 18.2 Å². The Hall–Kier alpha value is -3.48. The highest BCUT2D eigenvalue weighted by atomic mass is 16.2. The maximum atomic E-state index is 12.8. The van der Waals surface area contributed by atoms with Crippen LogP contribution in [0.25, 0.3) is 5.69 Å². The van der Waals surface area contributed by atoms with Gasteiger partial charge < -0.3 is 4.57 Å². The second-order valence-corrected chi connectivity index (χ2v) is 6.76. The molecule has 7 heteroatoms. The van der Waals surface area contributed by atoms with Gasteiger partial charge in [0.15, 0.2) is 5.78 Å². The zero-order valence-corrected chi connectivity index (χ0v) is 16.1. The van der Waals surface area contributed by atoms with E-state index in [0.29, 0.717) is 16.2 Å². The second kappa shape index (κ2) is 7.26. The van der Waals surface area contributed by atoms with Crippen molar-refractivity contribution in [1.29, 1.82) is 0 Å². The molecule has 0 N–H and O–H groups in total. The van der Waals surface area contributed by atoms with Crippen LogP contribution >= 0.6 is 0 Å². The number of benzene rings is 1. The monoisotopic (exact) mass is 379 g/mol. The van der Waals surface area contributed by atoms with Gasteiger partial charge in [-0.25, -0.2) is 9.69 Å². The maximum absolute atomic E-state index is 12.8. The van der Waals surface area contributed by atoms with Gasteiger partial charge in [0.1, 0.15) is 0 Å². The van der Waals surface area contributed by atoms with Crippen molar-refractivity contribution in [2.75, 3.05) is 13.1 Å². The van der Waals surface area contributed by atoms with E-state index in [1.807, 2.05) is 49.6 Å². The normalized spacial score (nSPS) is 14.2. The van der Waals surface area contributed by atoms with E-state index in [0.717, 1.165) is 21.8 Å². The first kappa shape index (κ1) is 19.3. The number of ketones is 1. The van der Waals surface area contributed by atoms with Crippen LogP contribution in [0.2, 0.25) is 0 Å². The standard InChI is InChI=1S/C21H21N3O4/c1-5-9-22-19(26)20(27)23(21(22)28)12-18(25)17-11-14(3)24(15(17)4)16-8-6-7-13(2)10-16/h5-8,10-11H,1,9,12H2,2-4H3. The Balaban J connectivity index is 1.89. The molecule has 144 valence electrons. The lowest BCUT2D eigenvalue weighted by Gasteiger charge is -2.14. The molecule has 0 bridgehead atoms.